The van der Waals surface area contributed by atoms with Gasteiger partial charge < -0.3 is 6.92 Å². The van der Waals surface area contributed by atoms with Gasteiger partial charge in [0.15, 0.2) is 0 Å². The quantitative estimate of drug-likeness (QED) is 0.167. The van der Waals surface area contributed by atoms with Crippen LogP contribution in [0.1, 0.15) is 6.92 Å². The van der Waals surface area contributed by atoms with E-state index in [4.69, 9.17) is 0 Å². The first-order valence-electron chi connectivity index (χ1n) is 8.08. The van der Waals surface area contributed by atoms with Crippen molar-refractivity contribution in [3.8, 4) is 0 Å². The summed E-state index contributed by atoms with van der Waals surface area (Å²) < 4.78 is 59.2. The molecule has 10 radical (unpaired) electrons. The van der Waals surface area contributed by atoms with E-state index < -0.39 is 7.81 Å². The molecule has 164 valence electrons. The second-order valence-electron chi connectivity index (χ2n) is 5.11. The third kappa shape index (κ3) is 39.4. The molecule has 0 aromatic heterocycles. The van der Waals surface area contributed by atoms with Crippen LogP contribution >= 0.6 is 15.7 Å². The molecule has 2 saturated carbocycles. The fourth-order valence-electron chi connectivity index (χ4n) is 1.37. The van der Waals surface area contributed by atoms with Crippen molar-refractivity contribution in [2.45, 2.75) is 6.92 Å². The van der Waals surface area contributed by atoms with Crippen molar-refractivity contribution in [1.29, 1.82) is 0 Å². The molecule has 2 aliphatic rings. The molecule has 0 aliphatic heterocycles. The van der Waals surface area contributed by atoms with Gasteiger partial charge in [0, 0.05) is 0 Å². The summed E-state index contributed by atoms with van der Waals surface area (Å²) in [4.78, 5) is 0. The van der Waals surface area contributed by atoms with Crippen LogP contribution in [0.3, 0.4) is 0 Å². The van der Waals surface area contributed by atoms with Crippen molar-refractivity contribution in [2.75, 3.05) is 13.3 Å². The van der Waals surface area contributed by atoms with E-state index in [9.17, 15) is 25.2 Å². The van der Waals surface area contributed by atoms with Crippen molar-refractivity contribution in [3.05, 3.63) is 101 Å². The first-order valence-corrected chi connectivity index (χ1v) is 12.3. The van der Waals surface area contributed by atoms with E-state index in [2.05, 4.69) is 50.6 Å². The summed E-state index contributed by atoms with van der Waals surface area (Å²) in [5.74, 6) is 0. The van der Waals surface area contributed by atoms with Crippen molar-refractivity contribution < 1.29 is 46.2 Å². The molecule has 9 heteroatoms. The molecule has 0 atom stereocenters. The summed E-state index contributed by atoms with van der Waals surface area (Å²) in [5.41, 5.74) is 0. The van der Waals surface area contributed by atoms with Crippen molar-refractivity contribution in [1.82, 2.24) is 0 Å². The first-order chi connectivity index (χ1) is 12.8. The SMILES string of the molecule is CP(C)c1ccccc1.F[P-](F)(F)(F)(F)F.[CH2-]C.[CH]1[CH][CH][CH][CH]1.[CH]1[CH][CH][CH][CH]1.[W+2]. The normalized spacial score (nSPS) is 17.2. The third-order valence-electron chi connectivity index (χ3n) is 2.38. The maximum absolute atomic E-state index is 10.7. The Morgan fingerprint density at radius 1 is 0.586 bits per heavy atom. The molecule has 1 aromatic rings. The number of halogens is 6. The second-order valence-corrected chi connectivity index (χ2v) is 9.33. The molecule has 29 heavy (non-hydrogen) atoms. The van der Waals surface area contributed by atoms with E-state index in [1.54, 1.807) is 6.92 Å². The average Bonchev–Trinajstić information content (AvgIpc) is 3.33. The average molecular weight is 626 g/mol. The Morgan fingerprint density at radius 3 is 0.931 bits per heavy atom. The van der Waals surface area contributed by atoms with Crippen molar-refractivity contribution >= 4 is 21.0 Å². The first kappa shape index (κ1) is 34.0. The predicted octanol–water partition coefficient (Wildman–Crippen LogP) is 8.32. The van der Waals surface area contributed by atoms with Crippen LogP contribution in [0.25, 0.3) is 0 Å². The zero-order valence-electron chi connectivity index (χ0n) is 16.4. The van der Waals surface area contributed by atoms with Gasteiger partial charge in [0.25, 0.3) is 0 Å². The van der Waals surface area contributed by atoms with E-state index >= 15 is 0 Å². The Kier molecular flexibility index (Phi) is 18.8. The number of benzene rings is 1. The van der Waals surface area contributed by atoms with Gasteiger partial charge >= 0.3 is 54.1 Å². The van der Waals surface area contributed by atoms with Crippen LogP contribution in [0.4, 0.5) is 25.2 Å². The van der Waals surface area contributed by atoms with Gasteiger partial charge in [-0.2, -0.15) is 6.92 Å². The van der Waals surface area contributed by atoms with Gasteiger partial charge in [-0.15, -0.1) is 0 Å². The van der Waals surface area contributed by atoms with Crippen LogP contribution in [-0.4, -0.2) is 13.3 Å². The number of rotatable bonds is 1. The van der Waals surface area contributed by atoms with Gasteiger partial charge in [-0.25, -0.2) is 0 Å². The van der Waals surface area contributed by atoms with Gasteiger partial charge in [0.2, 0.25) is 0 Å². The fraction of sp³-hybridized carbons (Fsp3) is 0.150. The Morgan fingerprint density at radius 2 is 0.793 bits per heavy atom. The van der Waals surface area contributed by atoms with Crippen LogP contribution in [0.2, 0.25) is 0 Å². The Balaban J connectivity index is -0.000000306. The van der Waals surface area contributed by atoms with Crippen molar-refractivity contribution in [3.63, 3.8) is 0 Å². The molecule has 0 amide bonds. The minimum Gasteiger partial charge on any atom is -0.346 e. The summed E-state index contributed by atoms with van der Waals surface area (Å²) in [7, 11) is -10.6. The molecule has 3 rings (SSSR count). The molecular weight excluding hydrogens is 600 g/mol. The Bertz CT molecular complexity index is 433. The largest absolute Gasteiger partial charge is 2.00 e. The fourth-order valence-corrected chi connectivity index (χ4v) is 2.14. The molecule has 0 nitrogen and oxygen atoms in total. The van der Waals surface area contributed by atoms with Crippen molar-refractivity contribution in [2.24, 2.45) is 0 Å². The van der Waals surface area contributed by atoms with Gasteiger partial charge in [-0.3, -0.25) is 0 Å². The topological polar surface area (TPSA) is 0 Å². The van der Waals surface area contributed by atoms with Crippen LogP contribution in [0, 0.1) is 71.1 Å². The van der Waals surface area contributed by atoms with E-state index in [0.29, 0.717) is 0 Å². The predicted molar refractivity (Wildman–Crippen MR) is 112 cm³/mol. The molecule has 0 unspecified atom stereocenters. The Labute approximate surface area is 188 Å². The standard InChI is InChI=1S/C8H11P.2C5H5.C2H5.F6P.W/c1-9(2)8-6-4-3-5-7-8;2*1-2-4-5-3-1;1-2;1-7(2,3,4,5)6;/h3-7H,1-2H3;2*1-5H;1H2,2H3;;/q;;;2*-1;+2. The minimum atomic E-state index is -10.7. The van der Waals surface area contributed by atoms with Crippen LogP contribution in [0.5, 0.6) is 0 Å². The minimum absolute atomic E-state index is 0. The van der Waals surface area contributed by atoms with Crippen LogP contribution in [-0.2, 0) is 21.1 Å². The van der Waals surface area contributed by atoms with Crippen LogP contribution < -0.4 is 5.30 Å². The summed E-state index contributed by atoms with van der Waals surface area (Å²) in [6, 6.07) is 10.6. The molecule has 1 aromatic carbocycles. The summed E-state index contributed by atoms with van der Waals surface area (Å²) >= 11 is 0. The zero-order valence-corrected chi connectivity index (χ0v) is 21.2. The molecule has 0 spiro atoms. The molecule has 2 aliphatic carbocycles. The monoisotopic (exact) mass is 626 g/mol. The third-order valence-corrected chi connectivity index (χ3v) is 3.71. The van der Waals surface area contributed by atoms with E-state index in [1.807, 2.05) is 64.2 Å². The Hall–Kier alpha value is 0.348. The van der Waals surface area contributed by atoms with Gasteiger partial charge in [0.05, 0.1) is 0 Å². The van der Waals surface area contributed by atoms with Gasteiger partial charge in [-0.05, 0) is 82.8 Å². The van der Waals surface area contributed by atoms with E-state index in [1.165, 1.54) is 5.30 Å². The molecule has 0 saturated heterocycles. The maximum atomic E-state index is 9.87. The molecule has 2 fully saturated rings. The summed E-state index contributed by atoms with van der Waals surface area (Å²) in [6.45, 7) is 9.54. The van der Waals surface area contributed by atoms with Gasteiger partial charge in [-0.1, -0.05) is 38.3 Å². The van der Waals surface area contributed by atoms with E-state index in [0.717, 1.165) is 0 Å². The van der Waals surface area contributed by atoms with Gasteiger partial charge in [0.1, 0.15) is 0 Å². The zero-order chi connectivity index (χ0) is 22.2. The maximum Gasteiger partial charge on any atom is 2.00 e. The summed E-state index contributed by atoms with van der Waals surface area (Å²) in [6.07, 6.45) is 20.0. The number of hydrogen-bond donors (Lipinski definition) is 0. The molecule has 0 heterocycles. The molecule has 0 N–H and O–H groups in total. The smallest absolute Gasteiger partial charge is 0.346 e. The molecular formula is C20H26F6P2W. The number of hydrogen-bond acceptors (Lipinski definition) is 0. The summed E-state index contributed by atoms with van der Waals surface area (Å²) in [5, 5.41) is 1.48. The molecule has 0 bridgehead atoms. The van der Waals surface area contributed by atoms with E-state index in [-0.39, 0.29) is 29.0 Å². The van der Waals surface area contributed by atoms with Crippen LogP contribution in [0.15, 0.2) is 30.3 Å². The second kappa shape index (κ2) is 16.0.